The van der Waals surface area contributed by atoms with Crippen molar-refractivity contribution in [1.82, 2.24) is 0 Å². The molecule has 0 aliphatic carbocycles. The molecule has 2 rings (SSSR count). The first kappa shape index (κ1) is 14.3. The summed E-state index contributed by atoms with van der Waals surface area (Å²) >= 11 is 19.8. The SMILES string of the molecule is CC(C)[C@H]1CSC(Nc2c(Cl)cc(Cl)cc2Cl)=N1. The second-order valence-corrected chi connectivity index (χ2v) is 6.69. The molecule has 0 unspecified atom stereocenters. The third kappa shape index (κ3) is 3.27. The fourth-order valence-corrected chi connectivity index (χ4v) is 3.65. The molecule has 1 atom stereocenters. The standard InChI is InChI=1S/C12H13Cl3N2S/c1-6(2)10-5-18-12(16-10)17-11-8(14)3-7(13)4-9(11)15/h3-4,6,10H,5H2,1-2H3,(H,16,17)/t10-/m1/s1. The highest BCUT2D eigenvalue weighted by Gasteiger charge is 2.22. The Morgan fingerprint density at radius 1 is 1.28 bits per heavy atom. The lowest BCUT2D eigenvalue weighted by atomic mass is 10.1. The number of benzene rings is 1. The molecule has 0 saturated carbocycles. The Balaban J connectivity index is 2.18. The predicted octanol–water partition coefficient (Wildman–Crippen LogP) is 5.19. The van der Waals surface area contributed by atoms with Crippen LogP contribution in [-0.2, 0) is 0 Å². The molecule has 1 aromatic carbocycles. The lowest BCUT2D eigenvalue weighted by Gasteiger charge is -2.10. The zero-order valence-electron chi connectivity index (χ0n) is 10.0. The Bertz CT molecular complexity index is 465. The minimum Gasteiger partial charge on any atom is -0.333 e. The zero-order valence-corrected chi connectivity index (χ0v) is 13.1. The van der Waals surface area contributed by atoms with E-state index in [1.165, 1.54) is 0 Å². The summed E-state index contributed by atoms with van der Waals surface area (Å²) in [5.74, 6) is 1.52. The molecule has 0 spiro atoms. The molecule has 0 saturated heterocycles. The molecule has 0 fully saturated rings. The monoisotopic (exact) mass is 322 g/mol. The van der Waals surface area contributed by atoms with E-state index < -0.39 is 0 Å². The number of halogens is 3. The number of nitrogens with one attached hydrogen (secondary N) is 1. The van der Waals surface area contributed by atoms with E-state index in [9.17, 15) is 0 Å². The van der Waals surface area contributed by atoms with E-state index in [1.807, 2.05) is 0 Å². The fraction of sp³-hybridized carbons (Fsp3) is 0.417. The van der Waals surface area contributed by atoms with Gasteiger partial charge in [0.1, 0.15) is 0 Å². The number of nitrogens with zero attached hydrogens (tertiary/aromatic N) is 1. The highest BCUT2D eigenvalue weighted by molar-refractivity contribution is 8.14. The van der Waals surface area contributed by atoms with Crippen molar-refractivity contribution in [3.63, 3.8) is 0 Å². The van der Waals surface area contributed by atoms with Gasteiger partial charge < -0.3 is 5.32 Å². The molecule has 0 radical (unpaired) electrons. The number of anilines is 1. The first-order valence-corrected chi connectivity index (χ1v) is 7.71. The van der Waals surface area contributed by atoms with Gasteiger partial charge >= 0.3 is 0 Å². The average molecular weight is 324 g/mol. The summed E-state index contributed by atoms with van der Waals surface area (Å²) in [5.41, 5.74) is 0.665. The number of hydrogen-bond acceptors (Lipinski definition) is 3. The maximum absolute atomic E-state index is 6.12. The van der Waals surface area contributed by atoms with Crippen LogP contribution < -0.4 is 5.32 Å². The van der Waals surface area contributed by atoms with Crippen LogP contribution in [0.25, 0.3) is 0 Å². The van der Waals surface area contributed by atoms with Gasteiger partial charge in [0, 0.05) is 10.8 Å². The number of hydrogen-bond donors (Lipinski definition) is 1. The lowest BCUT2D eigenvalue weighted by Crippen LogP contribution is -2.12. The second kappa shape index (κ2) is 5.91. The van der Waals surface area contributed by atoms with E-state index >= 15 is 0 Å². The van der Waals surface area contributed by atoms with Crippen LogP contribution in [0.15, 0.2) is 17.1 Å². The quantitative estimate of drug-likeness (QED) is 0.810. The molecule has 1 N–H and O–H groups in total. The fourth-order valence-electron chi connectivity index (χ4n) is 1.57. The van der Waals surface area contributed by atoms with Gasteiger partial charge in [-0.3, -0.25) is 4.99 Å². The summed E-state index contributed by atoms with van der Waals surface area (Å²) in [6.45, 7) is 4.33. The number of aliphatic imine (C=N–C) groups is 1. The van der Waals surface area contributed by atoms with Gasteiger partial charge in [0.05, 0.1) is 21.8 Å². The van der Waals surface area contributed by atoms with Gasteiger partial charge in [-0.2, -0.15) is 0 Å². The smallest absolute Gasteiger partial charge is 0.161 e. The van der Waals surface area contributed by atoms with E-state index in [4.69, 9.17) is 34.8 Å². The summed E-state index contributed by atoms with van der Waals surface area (Å²) in [7, 11) is 0. The Morgan fingerprint density at radius 3 is 2.39 bits per heavy atom. The van der Waals surface area contributed by atoms with Gasteiger partial charge in [-0.1, -0.05) is 60.4 Å². The van der Waals surface area contributed by atoms with Crippen molar-refractivity contribution in [3.8, 4) is 0 Å². The molecule has 2 nitrogen and oxygen atoms in total. The lowest BCUT2D eigenvalue weighted by molar-refractivity contribution is 0.543. The summed E-state index contributed by atoms with van der Waals surface area (Å²) in [6, 6.07) is 3.68. The minimum atomic E-state index is 0.349. The first-order chi connectivity index (χ1) is 8.47. The van der Waals surface area contributed by atoms with Crippen LogP contribution in [0.2, 0.25) is 15.1 Å². The highest BCUT2D eigenvalue weighted by atomic mass is 35.5. The molecule has 0 bridgehead atoms. The van der Waals surface area contributed by atoms with Gasteiger partial charge in [-0.25, -0.2) is 0 Å². The van der Waals surface area contributed by atoms with Gasteiger partial charge in [-0.15, -0.1) is 0 Å². The van der Waals surface area contributed by atoms with E-state index in [2.05, 4.69) is 24.2 Å². The van der Waals surface area contributed by atoms with Gasteiger partial charge in [0.25, 0.3) is 0 Å². The Morgan fingerprint density at radius 2 is 1.89 bits per heavy atom. The topological polar surface area (TPSA) is 24.4 Å². The minimum absolute atomic E-state index is 0.349. The largest absolute Gasteiger partial charge is 0.333 e. The van der Waals surface area contributed by atoms with Crippen LogP contribution >= 0.6 is 46.6 Å². The van der Waals surface area contributed by atoms with Crippen LogP contribution in [0.4, 0.5) is 5.69 Å². The molecular weight excluding hydrogens is 311 g/mol. The molecule has 98 valence electrons. The molecule has 1 aliphatic rings. The Kier molecular flexibility index (Phi) is 4.70. The predicted molar refractivity (Wildman–Crippen MR) is 83.6 cm³/mol. The van der Waals surface area contributed by atoms with E-state index in [-0.39, 0.29) is 0 Å². The maximum atomic E-state index is 6.12. The summed E-state index contributed by atoms with van der Waals surface area (Å²) in [5, 5.41) is 5.57. The van der Waals surface area contributed by atoms with Gasteiger partial charge in [-0.05, 0) is 18.1 Å². The Labute approximate surface area is 126 Å². The van der Waals surface area contributed by atoms with Crippen molar-refractivity contribution in [1.29, 1.82) is 0 Å². The van der Waals surface area contributed by atoms with Crippen molar-refractivity contribution in [2.75, 3.05) is 11.1 Å². The number of thioether (sulfide) groups is 1. The van der Waals surface area contributed by atoms with E-state index in [0.717, 1.165) is 10.9 Å². The van der Waals surface area contributed by atoms with Crippen LogP contribution in [0, 0.1) is 5.92 Å². The normalized spacial score (nSPS) is 19.2. The van der Waals surface area contributed by atoms with E-state index in [1.54, 1.807) is 23.9 Å². The van der Waals surface area contributed by atoms with Crippen molar-refractivity contribution >= 4 is 57.4 Å². The first-order valence-electron chi connectivity index (χ1n) is 5.59. The molecule has 1 aliphatic heterocycles. The van der Waals surface area contributed by atoms with Crippen molar-refractivity contribution in [2.24, 2.45) is 10.9 Å². The molecular formula is C12H13Cl3N2S. The van der Waals surface area contributed by atoms with Gasteiger partial charge in [0.2, 0.25) is 0 Å². The van der Waals surface area contributed by atoms with Gasteiger partial charge in [0.15, 0.2) is 5.17 Å². The zero-order chi connectivity index (χ0) is 13.3. The number of amidine groups is 1. The maximum Gasteiger partial charge on any atom is 0.161 e. The van der Waals surface area contributed by atoms with Crippen LogP contribution in [0.5, 0.6) is 0 Å². The molecule has 1 heterocycles. The molecule has 1 aromatic rings. The van der Waals surface area contributed by atoms with Crippen LogP contribution in [0.1, 0.15) is 13.8 Å². The number of rotatable bonds is 2. The average Bonchev–Trinajstić information content (AvgIpc) is 2.71. The highest BCUT2D eigenvalue weighted by Crippen LogP contribution is 2.35. The molecule has 0 aromatic heterocycles. The van der Waals surface area contributed by atoms with Crippen molar-refractivity contribution < 1.29 is 0 Å². The molecule has 6 heteroatoms. The van der Waals surface area contributed by atoms with Crippen LogP contribution in [-0.4, -0.2) is 17.0 Å². The Hall–Kier alpha value is -0.0900. The summed E-state index contributed by atoms with van der Waals surface area (Å²) in [4.78, 5) is 4.61. The summed E-state index contributed by atoms with van der Waals surface area (Å²) in [6.07, 6.45) is 0. The van der Waals surface area contributed by atoms with Crippen LogP contribution in [0.3, 0.4) is 0 Å². The molecule has 0 amide bonds. The molecule has 18 heavy (non-hydrogen) atoms. The summed E-state index contributed by atoms with van der Waals surface area (Å²) < 4.78 is 0. The van der Waals surface area contributed by atoms with Crippen molar-refractivity contribution in [2.45, 2.75) is 19.9 Å². The third-order valence-corrected chi connectivity index (χ3v) is 4.49. The third-order valence-electron chi connectivity index (χ3n) is 2.68. The van der Waals surface area contributed by atoms with E-state index in [0.29, 0.717) is 32.7 Å². The second-order valence-electron chi connectivity index (χ2n) is 4.43. The van der Waals surface area contributed by atoms with Crippen molar-refractivity contribution in [3.05, 3.63) is 27.2 Å².